The molecule has 0 bridgehead atoms. The van der Waals surface area contributed by atoms with Crippen molar-refractivity contribution in [1.82, 2.24) is 10.2 Å². The van der Waals surface area contributed by atoms with Gasteiger partial charge in [-0.25, -0.2) is 0 Å². The lowest BCUT2D eigenvalue weighted by atomic mass is 9.97. The summed E-state index contributed by atoms with van der Waals surface area (Å²) in [5.74, 6) is -1.01. The van der Waals surface area contributed by atoms with Gasteiger partial charge in [0.2, 0.25) is 5.91 Å². The summed E-state index contributed by atoms with van der Waals surface area (Å²) in [5.41, 5.74) is 1.08. The van der Waals surface area contributed by atoms with Crippen LogP contribution in [-0.2, 0) is 9.59 Å². The lowest BCUT2D eigenvalue weighted by Crippen LogP contribution is -2.43. The molecule has 0 aromatic heterocycles. The van der Waals surface area contributed by atoms with Crippen molar-refractivity contribution >= 4 is 35.1 Å². The second-order valence-electron chi connectivity index (χ2n) is 6.78. The molecule has 1 unspecified atom stereocenters. The fourth-order valence-corrected chi connectivity index (χ4v) is 3.39. The van der Waals surface area contributed by atoms with Gasteiger partial charge in [0.05, 0.1) is 18.5 Å². The predicted octanol–water partition coefficient (Wildman–Crippen LogP) is 3.24. The molecule has 2 aromatic carbocycles. The first-order chi connectivity index (χ1) is 12.0. The summed E-state index contributed by atoms with van der Waals surface area (Å²) >= 11 is 0. The van der Waals surface area contributed by atoms with Crippen molar-refractivity contribution in [2.45, 2.75) is 25.8 Å². The van der Waals surface area contributed by atoms with Gasteiger partial charge in [0.25, 0.3) is 0 Å². The summed E-state index contributed by atoms with van der Waals surface area (Å²) in [6.45, 7) is 3.63. The quantitative estimate of drug-likeness (QED) is 0.840. The van der Waals surface area contributed by atoms with Gasteiger partial charge >= 0.3 is 5.97 Å². The number of likely N-dealkylation sites (tertiary alicyclic amines) is 1. The number of carboxylic acid groups (broad SMARTS) is 1. The van der Waals surface area contributed by atoms with Gasteiger partial charge in [0.15, 0.2) is 0 Å². The summed E-state index contributed by atoms with van der Waals surface area (Å²) < 4.78 is 0. The van der Waals surface area contributed by atoms with Crippen LogP contribution in [0.1, 0.15) is 31.4 Å². The SMILES string of the molecule is CC(NC(=O)CN1CCC(C(=O)O)CC1)c1ccc2ccccc2c1.Cl. The number of carbonyl (C=O) groups excluding carboxylic acids is 1. The Bertz CT molecular complexity index is 772. The van der Waals surface area contributed by atoms with Gasteiger partial charge in [-0.3, -0.25) is 14.5 Å². The van der Waals surface area contributed by atoms with Crippen LogP contribution < -0.4 is 5.32 Å². The number of nitrogens with zero attached hydrogens (tertiary/aromatic N) is 1. The Labute approximate surface area is 159 Å². The van der Waals surface area contributed by atoms with Gasteiger partial charge in [-0.15, -0.1) is 12.4 Å². The van der Waals surface area contributed by atoms with Crippen LogP contribution in [0.5, 0.6) is 0 Å². The van der Waals surface area contributed by atoms with E-state index in [0.717, 1.165) is 10.9 Å². The average Bonchev–Trinajstić information content (AvgIpc) is 2.61. The highest BCUT2D eigenvalue weighted by atomic mass is 35.5. The first-order valence-corrected chi connectivity index (χ1v) is 8.76. The van der Waals surface area contributed by atoms with E-state index in [1.165, 1.54) is 5.39 Å². The molecule has 0 saturated carbocycles. The highest BCUT2D eigenvalue weighted by molar-refractivity contribution is 5.85. The minimum atomic E-state index is -0.728. The van der Waals surface area contributed by atoms with E-state index in [0.29, 0.717) is 32.5 Å². The highest BCUT2D eigenvalue weighted by Gasteiger charge is 2.25. The summed E-state index contributed by atoms with van der Waals surface area (Å²) in [6.07, 6.45) is 1.23. The van der Waals surface area contributed by atoms with Crippen LogP contribution in [-0.4, -0.2) is 41.5 Å². The smallest absolute Gasteiger partial charge is 0.306 e. The number of carbonyl (C=O) groups is 2. The Hall–Kier alpha value is -2.11. The molecule has 5 nitrogen and oxygen atoms in total. The maximum Gasteiger partial charge on any atom is 0.306 e. The van der Waals surface area contributed by atoms with Crippen molar-refractivity contribution in [2.75, 3.05) is 19.6 Å². The molecule has 0 radical (unpaired) electrons. The molecule has 1 heterocycles. The first-order valence-electron chi connectivity index (χ1n) is 8.76. The zero-order valence-corrected chi connectivity index (χ0v) is 15.7. The van der Waals surface area contributed by atoms with Crippen LogP contribution in [0.4, 0.5) is 0 Å². The molecular weight excluding hydrogens is 352 g/mol. The van der Waals surface area contributed by atoms with E-state index in [4.69, 9.17) is 5.11 Å². The molecule has 1 aliphatic heterocycles. The molecule has 1 saturated heterocycles. The zero-order valence-electron chi connectivity index (χ0n) is 14.9. The summed E-state index contributed by atoms with van der Waals surface area (Å²) in [7, 11) is 0. The molecular formula is C20H25ClN2O3. The van der Waals surface area contributed by atoms with Gasteiger partial charge in [-0.1, -0.05) is 36.4 Å². The van der Waals surface area contributed by atoms with Gasteiger partial charge in [-0.05, 0) is 55.3 Å². The molecule has 26 heavy (non-hydrogen) atoms. The maximum absolute atomic E-state index is 12.3. The number of hydrogen-bond donors (Lipinski definition) is 2. The van der Waals surface area contributed by atoms with Crippen molar-refractivity contribution in [3.8, 4) is 0 Å². The number of halogens is 1. The molecule has 1 fully saturated rings. The van der Waals surface area contributed by atoms with Crippen molar-refractivity contribution in [3.05, 3.63) is 48.0 Å². The number of carboxylic acids is 1. The molecule has 3 rings (SSSR count). The molecule has 2 N–H and O–H groups in total. The minimum absolute atomic E-state index is 0. The van der Waals surface area contributed by atoms with Gasteiger partial charge < -0.3 is 10.4 Å². The van der Waals surface area contributed by atoms with Crippen LogP contribution in [0.2, 0.25) is 0 Å². The number of piperidine rings is 1. The number of aliphatic carboxylic acids is 1. The highest BCUT2D eigenvalue weighted by Crippen LogP contribution is 2.21. The van der Waals surface area contributed by atoms with E-state index in [1.807, 2.05) is 30.0 Å². The topological polar surface area (TPSA) is 69.6 Å². The Morgan fingerprint density at radius 3 is 2.46 bits per heavy atom. The van der Waals surface area contributed by atoms with Gasteiger partial charge in [0, 0.05) is 0 Å². The fourth-order valence-electron chi connectivity index (χ4n) is 3.39. The van der Waals surface area contributed by atoms with Crippen molar-refractivity contribution in [3.63, 3.8) is 0 Å². The van der Waals surface area contributed by atoms with Crippen LogP contribution in [0.15, 0.2) is 42.5 Å². The Morgan fingerprint density at radius 1 is 1.15 bits per heavy atom. The number of hydrogen-bond acceptors (Lipinski definition) is 3. The number of benzene rings is 2. The third-order valence-electron chi connectivity index (χ3n) is 4.96. The van der Waals surface area contributed by atoms with E-state index in [1.54, 1.807) is 0 Å². The lowest BCUT2D eigenvalue weighted by molar-refractivity contribution is -0.143. The lowest BCUT2D eigenvalue weighted by Gasteiger charge is -2.29. The van der Waals surface area contributed by atoms with Crippen molar-refractivity contribution < 1.29 is 14.7 Å². The molecule has 0 spiro atoms. The normalized spacial score (nSPS) is 16.7. The third kappa shape index (κ3) is 4.96. The molecule has 2 aromatic rings. The molecule has 6 heteroatoms. The number of fused-ring (bicyclic) bond motifs is 1. The number of amides is 1. The van der Waals surface area contributed by atoms with Gasteiger partial charge in [0.1, 0.15) is 0 Å². The zero-order chi connectivity index (χ0) is 17.8. The standard InChI is InChI=1S/C20H24N2O3.ClH/c1-14(17-7-6-15-4-2-3-5-18(15)12-17)21-19(23)13-22-10-8-16(9-11-22)20(24)25;/h2-7,12,14,16H,8-11,13H2,1H3,(H,21,23)(H,24,25);1H. The predicted molar refractivity (Wildman–Crippen MR) is 105 cm³/mol. The van der Waals surface area contributed by atoms with E-state index in [-0.39, 0.29) is 30.3 Å². The summed E-state index contributed by atoms with van der Waals surface area (Å²) in [6, 6.07) is 14.3. The van der Waals surface area contributed by atoms with Crippen LogP contribution in [0.3, 0.4) is 0 Å². The number of rotatable bonds is 5. The first kappa shape index (κ1) is 20.2. The second-order valence-corrected chi connectivity index (χ2v) is 6.78. The van der Waals surface area contributed by atoms with E-state index >= 15 is 0 Å². The van der Waals surface area contributed by atoms with Crippen molar-refractivity contribution in [1.29, 1.82) is 0 Å². The third-order valence-corrected chi connectivity index (χ3v) is 4.96. The van der Waals surface area contributed by atoms with Crippen molar-refractivity contribution in [2.24, 2.45) is 5.92 Å². The molecule has 140 valence electrons. The second kappa shape index (κ2) is 9.01. The summed E-state index contributed by atoms with van der Waals surface area (Å²) in [4.78, 5) is 25.3. The van der Waals surface area contributed by atoms with E-state index in [2.05, 4.69) is 29.6 Å². The van der Waals surface area contributed by atoms with Crippen LogP contribution >= 0.6 is 12.4 Å². The average molecular weight is 377 g/mol. The minimum Gasteiger partial charge on any atom is -0.481 e. The Morgan fingerprint density at radius 2 is 1.81 bits per heavy atom. The Kier molecular flexibility index (Phi) is 7.00. The maximum atomic E-state index is 12.3. The molecule has 1 amide bonds. The number of nitrogens with one attached hydrogen (secondary N) is 1. The monoisotopic (exact) mass is 376 g/mol. The molecule has 0 aliphatic carbocycles. The van der Waals surface area contributed by atoms with Crippen LogP contribution in [0, 0.1) is 5.92 Å². The fraction of sp³-hybridized carbons (Fsp3) is 0.400. The largest absolute Gasteiger partial charge is 0.481 e. The van der Waals surface area contributed by atoms with E-state index in [9.17, 15) is 9.59 Å². The molecule has 1 atom stereocenters. The molecule has 1 aliphatic rings. The van der Waals surface area contributed by atoms with Gasteiger partial charge in [-0.2, -0.15) is 0 Å². The summed E-state index contributed by atoms with van der Waals surface area (Å²) in [5, 5.41) is 14.4. The Balaban J connectivity index is 0.00000243. The van der Waals surface area contributed by atoms with Crippen LogP contribution in [0.25, 0.3) is 10.8 Å². The van der Waals surface area contributed by atoms with E-state index < -0.39 is 5.97 Å².